The molecule has 1 aliphatic heterocycles. The second-order valence-electron chi connectivity index (χ2n) is 4.85. The number of pyridine rings is 1. The van der Waals surface area contributed by atoms with Gasteiger partial charge in [0, 0.05) is 43.0 Å². The van der Waals surface area contributed by atoms with Gasteiger partial charge >= 0.3 is 0 Å². The second kappa shape index (κ2) is 5.42. The smallest absolute Gasteiger partial charge is 0.295 e. The van der Waals surface area contributed by atoms with Crippen molar-refractivity contribution in [3.63, 3.8) is 0 Å². The molecule has 20 heavy (non-hydrogen) atoms. The van der Waals surface area contributed by atoms with Crippen LogP contribution in [0.5, 0.6) is 0 Å². The molecular formula is C14H16N4O2. The zero-order chi connectivity index (χ0) is 13.9. The lowest BCUT2D eigenvalue weighted by atomic mass is 10.1. The average Bonchev–Trinajstić information content (AvgIpc) is 2.74. The lowest BCUT2D eigenvalue weighted by Crippen LogP contribution is -2.28. The Labute approximate surface area is 116 Å². The summed E-state index contributed by atoms with van der Waals surface area (Å²) in [5.41, 5.74) is 1.56. The minimum atomic E-state index is -0.372. The van der Waals surface area contributed by atoms with E-state index in [0.29, 0.717) is 5.52 Å². The normalized spacial score (nSPS) is 16.1. The van der Waals surface area contributed by atoms with Crippen LogP contribution in [0.1, 0.15) is 6.42 Å². The molecule has 3 rings (SSSR count). The highest BCUT2D eigenvalue weighted by Crippen LogP contribution is 2.30. The van der Waals surface area contributed by atoms with Crippen molar-refractivity contribution in [3.05, 3.63) is 40.6 Å². The molecule has 0 radical (unpaired) electrons. The quantitative estimate of drug-likeness (QED) is 0.668. The van der Waals surface area contributed by atoms with Crippen molar-refractivity contribution in [1.29, 1.82) is 0 Å². The van der Waals surface area contributed by atoms with Crippen LogP contribution in [0.25, 0.3) is 10.9 Å². The Bertz CT molecular complexity index is 636. The Kier molecular flexibility index (Phi) is 3.47. The first-order valence-corrected chi connectivity index (χ1v) is 6.75. The molecule has 6 heteroatoms. The lowest BCUT2D eigenvalue weighted by Gasteiger charge is -2.23. The molecule has 0 saturated carbocycles. The second-order valence-corrected chi connectivity index (χ2v) is 4.85. The summed E-state index contributed by atoms with van der Waals surface area (Å²) in [5, 5.41) is 15.3. The third-order valence-electron chi connectivity index (χ3n) is 3.60. The number of nitrogens with one attached hydrogen (secondary N) is 1. The first-order chi connectivity index (χ1) is 9.77. The van der Waals surface area contributed by atoms with Crippen LogP contribution in [0.2, 0.25) is 0 Å². The highest BCUT2D eigenvalue weighted by Gasteiger charge is 2.17. The maximum atomic E-state index is 11.1. The van der Waals surface area contributed by atoms with E-state index in [-0.39, 0.29) is 10.6 Å². The number of hydrogen-bond acceptors (Lipinski definition) is 5. The van der Waals surface area contributed by atoms with Gasteiger partial charge in [-0.1, -0.05) is 12.1 Å². The van der Waals surface area contributed by atoms with Gasteiger partial charge in [0.25, 0.3) is 5.69 Å². The van der Waals surface area contributed by atoms with E-state index in [1.807, 2.05) is 12.1 Å². The Hall–Kier alpha value is -2.21. The topological polar surface area (TPSA) is 71.3 Å². The molecule has 0 amide bonds. The largest absolute Gasteiger partial charge is 0.370 e. The molecule has 6 nitrogen and oxygen atoms in total. The number of non-ortho nitro benzene ring substituents is 1. The van der Waals surface area contributed by atoms with Crippen molar-refractivity contribution >= 4 is 22.3 Å². The summed E-state index contributed by atoms with van der Waals surface area (Å²) >= 11 is 0. The van der Waals surface area contributed by atoms with Crippen LogP contribution >= 0.6 is 0 Å². The van der Waals surface area contributed by atoms with Gasteiger partial charge in [-0.15, -0.1) is 0 Å². The standard InChI is InChI=1S/C14H16N4O2/c19-18(20)13-4-1-3-11-12(5-7-16-14(11)13)17-9-2-6-15-8-10-17/h1,3-5,7,15H,2,6,8-10H2. The molecule has 1 aromatic carbocycles. The summed E-state index contributed by atoms with van der Waals surface area (Å²) in [6.07, 6.45) is 2.72. The number of para-hydroxylation sites is 1. The molecule has 1 aliphatic rings. The molecule has 0 atom stereocenters. The molecule has 2 heterocycles. The SMILES string of the molecule is O=[N+]([O-])c1cccc2c(N3CCCNCC3)ccnc12. The Morgan fingerprint density at radius 2 is 2.15 bits per heavy atom. The van der Waals surface area contributed by atoms with E-state index in [4.69, 9.17) is 0 Å². The van der Waals surface area contributed by atoms with Gasteiger partial charge in [-0.3, -0.25) is 10.1 Å². The molecule has 1 fully saturated rings. The van der Waals surface area contributed by atoms with Gasteiger partial charge < -0.3 is 10.2 Å². The number of nitro benzene ring substituents is 1. The molecule has 2 aromatic rings. The highest BCUT2D eigenvalue weighted by atomic mass is 16.6. The van der Waals surface area contributed by atoms with E-state index in [0.717, 1.165) is 43.7 Å². The number of nitrogens with zero attached hydrogens (tertiary/aromatic N) is 3. The third kappa shape index (κ3) is 2.30. The number of aromatic nitrogens is 1. The van der Waals surface area contributed by atoms with Crippen molar-refractivity contribution in [2.75, 3.05) is 31.1 Å². The molecule has 0 bridgehead atoms. The minimum absolute atomic E-state index is 0.0669. The Morgan fingerprint density at radius 1 is 1.25 bits per heavy atom. The fourth-order valence-corrected chi connectivity index (χ4v) is 2.66. The number of hydrogen-bond donors (Lipinski definition) is 1. The van der Waals surface area contributed by atoms with Crippen LogP contribution in [0.15, 0.2) is 30.5 Å². The molecule has 0 unspecified atom stereocenters. The lowest BCUT2D eigenvalue weighted by molar-refractivity contribution is -0.383. The van der Waals surface area contributed by atoms with Gasteiger partial charge in [0.05, 0.1) is 4.92 Å². The summed E-state index contributed by atoms with van der Waals surface area (Å²) < 4.78 is 0. The fraction of sp³-hybridized carbons (Fsp3) is 0.357. The predicted octanol–water partition coefficient (Wildman–Crippen LogP) is 1.94. The molecule has 0 spiro atoms. The van der Waals surface area contributed by atoms with Crippen LogP contribution in [0, 0.1) is 10.1 Å². The average molecular weight is 272 g/mol. The first kappa shape index (κ1) is 12.8. The predicted molar refractivity (Wildman–Crippen MR) is 78.1 cm³/mol. The van der Waals surface area contributed by atoms with Crippen LogP contribution in [0.4, 0.5) is 11.4 Å². The molecule has 0 aliphatic carbocycles. The van der Waals surface area contributed by atoms with E-state index in [1.165, 1.54) is 6.07 Å². The van der Waals surface area contributed by atoms with Gasteiger partial charge in [0.2, 0.25) is 0 Å². The summed E-state index contributed by atoms with van der Waals surface area (Å²) in [5.74, 6) is 0. The number of fused-ring (bicyclic) bond motifs is 1. The van der Waals surface area contributed by atoms with E-state index in [1.54, 1.807) is 12.3 Å². The molecule has 1 aromatic heterocycles. The fourth-order valence-electron chi connectivity index (χ4n) is 2.66. The van der Waals surface area contributed by atoms with Gasteiger partial charge in [-0.2, -0.15) is 0 Å². The summed E-state index contributed by atoms with van der Waals surface area (Å²) in [6, 6.07) is 7.07. The van der Waals surface area contributed by atoms with Crippen LogP contribution < -0.4 is 10.2 Å². The van der Waals surface area contributed by atoms with Crippen molar-refractivity contribution < 1.29 is 4.92 Å². The van der Waals surface area contributed by atoms with Gasteiger partial charge in [0.15, 0.2) is 0 Å². The number of rotatable bonds is 2. The number of nitro groups is 1. The highest BCUT2D eigenvalue weighted by molar-refractivity contribution is 5.96. The molecule has 1 saturated heterocycles. The van der Waals surface area contributed by atoms with Crippen LogP contribution in [0.3, 0.4) is 0 Å². The van der Waals surface area contributed by atoms with Gasteiger partial charge in [-0.25, -0.2) is 4.98 Å². The van der Waals surface area contributed by atoms with E-state index >= 15 is 0 Å². The zero-order valence-electron chi connectivity index (χ0n) is 11.1. The van der Waals surface area contributed by atoms with Crippen molar-refractivity contribution in [3.8, 4) is 0 Å². The van der Waals surface area contributed by atoms with Crippen molar-refractivity contribution in [2.24, 2.45) is 0 Å². The Morgan fingerprint density at radius 3 is 3.00 bits per heavy atom. The van der Waals surface area contributed by atoms with E-state index in [9.17, 15) is 10.1 Å². The van der Waals surface area contributed by atoms with Crippen LogP contribution in [-0.2, 0) is 0 Å². The van der Waals surface area contributed by atoms with Gasteiger partial charge in [-0.05, 0) is 19.0 Å². The monoisotopic (exact) mass is 272 g/mol. The summed E-state index contributed by atoms with van der Waals surface area (Å²) in [7, 11) is 0. The van der Waals surface area contributed by atoms with Crippen molar-refractivity contribution in [2.45, 2.75) is 6.42 Å². The minimum Gasteiger partial charge on any atom is -0.370 e. The van der Waals surface area contributed by atoms with E-state index < -0.39 is 0 Å². The summed E-state index contributed by atoms with van der Waals surface area (Å²) in [4.78, 5) is 17.2. The third-order valence-corrected chi connectivity index (χ3v) is 3.60. The molecular weight excluding hydrogens is 256 g/mol. The molecule has 104 valence electrons. The van der Waals surface area contributed by atoms with E-state index in [2.05, 4.69) is 15.2 Å². The van der Waals surface area contributed by atoms with Gasteiger partial charge in [0.1, 0.15) is 5.52 Å². The number of benzene rings is 1. The molecule has 1 N–H and O–H groups in total. The van der Waals surface area contributed by atoms with Crippen molar-refractivity contribution in [1.82, 2.24) is 10.3 Å². The zero-order valence-corrected chi connectivity index (χ0v) is 11.1. The maximum Gasteiger partial charge on any atom is 0.295 e. The van der Waals surface area contributed by atoms with Crippen LogP contribution in [-0.4, -0.2) is 36.1 Å². The first-order valence-electron chi connectivity index (χ1n) is 6.75. The number of anilines is 1. The Balaban J connectivity index is 2.11. The summed E-state index contributed by atoms with van der Waals surface area (Å²) in [6.45, 7) is 3.80. The maximum absolute atomic E-state index is 11.1.